The molecular formula is C13H25N3O2. The zero-order valence-electron chi connectivity index (χ0n) is 11.6. The van der Waals surface area contributed by atoms with Crippen LogP contribution >= 0.6 is 0 Å². The first kappa shape index (κ1) is 14.8. The average molecular weight is 255 g/mol. The molecule has 1 rings (SSSR count). The number of hydrogen-bond acceptors (Lipinski definition) is 3. The van der Waals surface area contributed by atoms with Crippen molar-refractivity contribution in [3.05, 3.63) is 0 Å². The molecule has 1 fully saturated rings. The molecule has 1 aliphatic rings. The van der Waals surface area contributed by atoms with Gasteiger partial charge < -0.3 is 16.3 Å². The van der Waals surface area contributed by atoms with Crippen molar-refractivity contribution in [2.75, 3.05) is 0 Å². The second-order valence-electron chi connectivity index (χ2n) is 5.42. The van der Waals surface area contributed by atoms with Crippen molar-refractivity contribution in [1.82, 2.24) is 5.32 Å². The van der Waals surface area contributed by atoms with Crippen molar-refractivity contribution in [2.45, 2.75) is 58.9 Å². The van der Waals surface area contributed by atoms with Gasteiger partial charge in [0.05, 0.1) is 0 Å². The number of nitrogens with zero attached hydrogens (tertiary/aromatic N) is 1. The van der Waals surface area contributed by atoms with Crippen LogP contribution in [0.2, 0.25) is 0 Å². The molecule has 18 heavy (non-hydrogen) atoms. The van der Waals surface area contributed by atoms with Crippen LogP contribution in [0.1, 0.15) is 52.9 Å². The molecule has 0 aliphatic heterocycles. The largest absolute Gasteiger partial charge is 0.409 e. The minimum atomic E-state index is -0.795. The molecular weight excluding hydrogens is 230 g/mol. The molecule has 0 saturated heterocycles. The highest BCUT2D eigenvalue weighted by molar-refractivity contribution is 6.07. The average Bonchev–Trinajstić information content (AvgIpc) is 2.87. The summed E-state index contributed by atoms with van der Waals surface area (Å²) in [7, 11) is 0. The second-order valence-corrected chi connectivity index (χ2v) is 5.42. The molecule has 0 heterocycles. The minimum absolute atomic E-state index is 0.0499. The van der Waals surface area contributed by atoms with E-state index in [1.807, 2.05) is 6.92 Å². The zero-order valence-corrected chi connectivity index (χ0v) is 11.6. The van der Waals surface area contributed by atoms with Gasteiger partial charge in [-0.2, -0.15) is 0 Å². The lowest BCUT2D eigenvalue weighted by Crippen LogP contribution is -2.51. The van der Waals surface area contributed by atoms with E-state index in [2.05, 4.69) is 24.3 Å². The predicted octanol–water partition coefficient (Wildman–Crippen LogP) is 1.84. The Morgan fingerprint density at radius 3 is 2.44 bits per heavy atom. The lowest BCUT2D eigenvalue weighted by atomic mass is 9.83. The van der Waals surface area contributed by atoms with Gasteiger partial charge in [-0.15, -0.1) is 0 Å². The molecule has 0 spiro atoms. The van der Waals surface area contributed by atoms with E-state index in [4.69, 9.17) is 10.9 Å². The Hall–Kier alpha value is -1.26. The summed E-state index contributed by atoms with van der Waals surface area (Å²) in [6.45, 7) is 6.21. The Bertz CT molecular complexity index is 322. The molecule has 1 amide bonds. The van der Waals surface area contributed by atoms with Gasteiger partial charge in [0.25, 0.3) is 0 Å². The first-order valence-corrected chi connectivity index (χ1v) is 6.77. The molecule has 104 valence electrons. The maximum atomic E-state index is 12.4. The minimum Gasteiger partial charge on any atom is -0.409 e. The van der Waals surface area contributed by atoms with E-state index in [0.717, 1.165) is 19.3 Å². The van der Waals surface area contributed by atoms with Gasteiger partial charge in [0, 0.05) is 6.04 Å². The van der Waals surface area contributed by atoms with Crippen molar-refractivity contribution >= 4 is 11.7 Å². The van der Waals surface area contributed by atoms with Crippen LogP contribution in [0.15, 0.2) is 5.16 Å². The maximum Gasteiger partial charge on any atom is 0.234 e. The van der Waals surface area contributed by atoms with Crippen LogP contribution in [-0.2, 0) is 4.79 Å². The lowest BCUT2D eigenvalue weighted by Gasteiger charge is -2.29. The highest BCUT2D eigenvalue weighted by Crippen LogP contribution is 2.38. The van der Waals surface area contributed by atoms with Gasteiger partial charge in [-0.3, -0.25) is 4.79 Å². The van der Waals surface area contributed by atoms with E-state index in [-0.39, 0.29) is 17.8 Å². The van der Waals surface area contributed by atoms with E-state index in [1.54, 1.807) is 0 Å². The van der Waals surface area contributed by atoms with E-state index in [9.17, 15) is 4.79 Å². The number of hydrogen-bond donors (Lipinski definition) is 3. The second kappa shape index (κ2) is 6.07. The number of rotatable bonds is 5. The summed E-state index contributed by atoms with van der Waals surface area (Å²) in [6, 6.07) is 0.103. The van der Waals surface area contributed by atoms with Crippen LogP contribution in [-0.4, -0.2) is 23.0 Å². The number of oxime groups is 1. The van der Waals surface area contributed by atoms with Gasteiger partial charge in [0.15, 0.2) is 5.84 Å². The summed E-state index contributed by atoms with van der Waals surface area (Å²) >= 11 is 0. The number of carbonyl (C=O) groups is 1. The predicted molar refractivity (Wildman–Crippen MR) is 71.4 cm³/mol. The molecule has 1 aliphatic carbocycles. The van der Waals surface area contributed by atoms with E-state index in [0.29, 0.717) is 18.8 Å². The van der Waals surface area contributed by atoms with Crippen molar-refractivity contribution in [2.24, 2.45) is 22.2 Å². The molecule has 5 nitrogen and oxygen atoms in total. The van der Waals surface area contributed by atoms with Crippen LogP contribution in [0.3, 0.4) is 0 Å². The summed E-state index contributed by atoms with van der Waals surface area (Å²) in [5, 5.41) is 15.0. The standard InChI is InChI=1S/C13H25N3O2/c1-4-9(2)10(3)15-12(17)13(11(14)16-18)7-5-6-8-13/h9-10,18H,4-8H2,1-3H3,(H2,14,16)(H,15,17). The summed E-state index contributed by atoms with van der Waals surface area (Å²) in [6.07, 6.45) is 4.24. The van der Waals surface area contributed by atoms with Gasteiger partial charge in [0.1, 0.15) is 5.41 Å². The Morgan fingerprint density at radius 1 is 1.44 bits per heavy atom. The van der Waals surface area contributed by atoms with Crippen LogP contribution in [0.4, 0.5) is 0 Å². The third-order valence-electron chi connectivity index (χ3n) is 4.35. The monoisotopic (exact) mass is 255 g/mol. The molecule has 2 unspecified atom stereocenters. The van der Waals surface area contributed by atoms with E-state index in [1.165, 1.54) is 0 Å². The molecule has 0 aromatic heterocycles. The third kappa shape index (κ3) is 2.76. The molecule has 0 radical (unpaired) electrons. The molecule has 0 bridgehead atoms. The van der Waals surface area contributed by atoms with Gasteiger partial charge in [-0.25, -0.2) is 0 Å². The third-order valence-corrected chi connectivity index (χ3v) is 4.35. The number of amidine groups is 1. The fourth-order valence-corrected chi connectivity index (χ4v) is 2.51. The molecule has 5 heteroatoms. The number of carbonyl (C=O) groups excluding carboxylic acids is 1. The topological polar surface area (TPSA) is 87.7 Å². The highest BCUT2D eigenvalue weighted by Gasteiger charge is 2.45. The SMILES string of the molecule is CCC(C)C(C)NC(=O)C1(C(N)=NO)CCCC1. The Balaban J connectivity index is 2.79. The summed E-state index contributed by atoms with van der Waals surface area (Å²) < 4.78 is 0. The highest BCUT2D eigenvalue weighted by atomic mass is 16.4. The Labute approximate surface area is 109 Å². The molecule has 0 aromatic rings. The van der Waals surface area contributed by atoms with Crippen LogP contribution in [0.25, 0.3) is 0 Å². The quantitative estimate of drug-likeness (QED) is 0.303. The Morgan fingerprint density at radius 2 is 2.00 bits per heavy atom. The first-order valence-electron chi connectivity index (χ1n) is 6.77. The summed E-state index contributed by atoms with van der Waals surface area (Å²) in [5.74, 6) is 0.372. The number of nitrogens with one attached hydrogen (secondary N) is 1. The maximum absolute atomic E-state index is 12.4. The molecule has 1 saturated carbocycles. The van der Waals surface area contributed by atoms with Gasteiger partial charge in [0.2, 0.25) is 5.91 Å². The summed E-state index contributed by atoms with van der Waals surface area (Å²) in [5.41, 5.74) is 4.94. The van der Waals surface area contributed by atoms with Crippen LogP contribution in [0.5, 0.6) is 0 Å². The van der Waals surface area contributed by atoms with Gasteiger partial charge >= 0.3 is 0 Å². The lowest BCUT2D eigenvalue weighted by molar-refractivity contribution is -0.128. The zero-order chi connectivity index (χ0) is 13.8. The van der Waals surface area contributed by atoms with Gasteiger partial charge in [-0.05, 0) is 25.7 Å². The number of amides is 1. The Kier molecular flexibility index (Phi) is 4.99. The van der Waals surface area contributed by atoms with Crippen molar-refractivity contribution < 1.29 is 10.0 Å². The van der Waals surface area contributed by atoms with E-state index < -0.39 is 5.41 Å². The fraction of sp³-hybridized carbons (Fsp3) is 0.846. The normalized spacial score (nSPS) is 22.5. The van der Waals surface area contributed by atoms with Crippen molar-refractivity contribution in [3.8, 4) is 0 Å². The van der Waals surface area contributed by atoms with Gasteiger partial charge in [-0.1, -0.05) is 38.3 Å². The first-order chi connectivity index (χ1) is 8.47. The fourth-order valence-electron chi connectivity index (χ4n) is 2.51. The molecule has 4 N–H and O–H groups in total. The smallest absolute Gasteiger partial charge is 0.234 e. The number of nitrogens with two attached hydrogens (primary N) is 1. The van der Waals surface area contributed by atoms with Crippen LogP contribution < -0.4 is 11.1 Å². The molecule has 0 aromatic carbocycles. The molecule has 2 atom stereocenters. The van der Waals surface area contributed by atoms with Crippen molar-refractivity contribution in [3.63, 3.8) is 0 Å². The van der Waals surface area contributed by atoms with Crippen molar-refractivity contribution in [1.29, 1.82) is 0 Å². The van der Waals surface area contributed by atoms with E-state index >= 15 is 0 Å². The van der Waals surface area contributed by atoms with Crippen LogP contribution in [0, 0.1) is 11.3 Å². The summed E-state index contributed by atoms with van der Waals surface area (Å²) in [4.78, 5) is 12.4.